The molecule has 9 heteroatoms. The van der Waals surface area contributed by atoms with Gasteiger partial charge in [0.15, 0.2) is 0 Å². The van der Waals surface area contributed by atoms with E-state index in [4.69, 9.17) is 23.2 Å². The van der Waals surface area contributed by atoms with Crippen LogP contribution in [0.1, 0.15) is 0 Å². The van der Waals surface area contributed by atoms with Crippen molar-refractivity contribution in [1.82, 2.24) is 0 Å². The molecule has 0 saturated heterocycles. The first-order valence-corrected chi connectivity index (χ1v) is 10.3. The SMILES string of the molecule is O=C(Nc1ccc(Cl)cc1)Nc1ccc(S(=O)(=O)Nc2ccccc2Cl)cc1. The first-order valence-electron chi connectivity index (χ1n) is 8.04. The Morgan fingerprint density at radius 2 is 1.29 bits per heavy atom. The van der Waals surface area contributed by atoms with E-state index in [0.717, 1.165) is 0 Å². The molecule has 2 amide bonds. The maximum Gasteiger partial charge on any atom is 0.323 e. The molecule has 0 spiro atoms. The quantitative estimate of drug-likeness (QED) is 0.498. The van der Waals surface area contributed by atoms with Gasteiger partial charge < -0.3 is 10.6 Å². The van der Waals surface area contributed by atoms with Crippen molar-refractivity contribution in [3.63, 3.8) is 0 Å². The lowest BCUT2D eigenvalue weighted by atomic mass is 10.3. The van der Waals surface area contributed by atoms with Crippen LogP contribution in [0.15, 0.2) is 77.7 Å². The van der Waals surface area contributed by atoms with Crippen molar-refractivity contribution in [2.45, 2.75) is 4.90 Å². The Labute approximate surface area is 172 Å². The third kappa shape index (κ3) is 5.16. The molecular formula is C19H15Cl2N3O3S. The summed E-state index contributed by atoms with van der Waals surface area (Å²) in [5, 5.41) is 6.13. The number of hydrogen-bond donors (Lipinski definition) is 3. The predicted molar refractivity (Wildman–Crippen MR) is 113 cm³/mol. The smallest absolute Gasteiger partial charge is 0.308 e. The fourth-order valence-corrected chi connectivity index (χ4v) is 3.74. The molecule has 28 heavy (non-hydrogen) atoms. The number of anilines is 3. The molecule has 3 aromatic rings. The van der Waals surface area contributed by atoms with Gasteiger partial charge in [0.25, 0.3) is 10.0 Å². The van der Waals surface area contributed by atoms with E-state index in [-0.39, 0.29) is 10.6 Å². The van der Waals surface area contributed by atoms with Gasteiger partial charge in [-0.25, -0.2) is 13.2 Å². The Hall–Kier alpha value is -2.74. The third-order valence-corrected chi connectivity index (χ3v) is 5.61. The van der Waals surface area contributed by atoms with Crippen molar-refractivity contribution >= 4 is 56.3 Å². The number of para-hydroxylation sites is 1. The van der Waals surface area contributed by atoms with Crippen molar-refractivity contribution in [3.05, 3.63) is 82.8 Å². The topological polar surface area (TPSA) is 87.3 Å². The van der Waals surface area contributed by atoms with Crippen molar-refractivity contribution in [2.24, 2.45) is 0 Å². The molecule has 0 aliphatic heterocycles. The summed E-state index contributed by atoms with van der Waals surface area (Å²) in [4.78, 5) is 12.1. The molecule has 6 nitrogen and oxygen atoms in total. The zero-order valence-electron chi connectivity index (χ0n) is 14.3. The Morgan fingerprint density at radius 3 is 1.86 bits per heavy atom. The highest BCUT2D eigenvalue weighted by Gasteiger charge is 2.15. The summed E-state index contributed by atoms with van der Waals surface area (Å²) in [6.07, 6.45) is 0. The molecule has 0 aromatic heterocycles. The molecule has 0 radical (unpaired) electrons. The van der Waals surface area contributed by atoms with Crippen LogP contribution in [-0.4, -0.2) is 14.4 Å². The molecule has 3 aromatic carbocycles. The summed E-state index contributed by atoms with van der Waals surface area (Å²) < 4.78 is 27.4. The lowest BCUT2D eigenvalue weighted by molar-refractivity contribution is 0.262. The first-order chi connectivity index (χ1) is 13.3. The molecule has 0 aliphatic carbocycles. The minimum atomic E-state index is -3.81. The third-order valence-electron chi connectivity index (χ3n) is 3.64. The van der Waals surface area contributed by atoms with E-state index in [1.54, 1.807) is 48.5 Å². The molecule has 0 atom stereocenters. The van der Waals surface area contributed by atoms with Crippen molar-refractivity contribution in [2.75, 3.05) is 15.4 Å². The molecule has 0 saturated carbocycles. The number of nitrogens with one attached hydrogen (secondary N) is 3. The predicted octanol–water partition coefficient (Wildman–Crippen LogP) is 5.44. The lowest BCUT2D eigenvalue weighted by Crippen LogP contribution is -2.19. The van der Waals surface area contributed by atoms with E-state index < -0.39 is 16.1 Å². The van der Waals surface area contributed by atoms with Crippen LogP contribution in [0.25, 0.3) is 0 Å². The number of halogens is 2. The second-order valence-electron chi connectivity index (χ2n) is 5.70. The van der Waals surface area contributed by atoms with E-state index >= 15 is 0 Å². The van der Waals surface area contributed by atoms with Crippen LogP contribution in [0.3, 0.4) is 0 Å². The Kier molecular flexibility index (Phi) is 6.08. The maximum absolute atomic E-state index is 12.5. The highest BCUT2D eigenvalue weighted by molar-refractivity contribution is 7.92. The van der Waals surface area contributed by atoms with Crippen LogP contribution in [-0.2, 0) is 10.0 Å². The second kappa shape index (κ2) is 8.52. The maximum atomic E-state index is 12.5. The molecule has 144 valence electrons. The van der Waals surface area contributed by atoms with E-state index in [1.165, 1.54) is 24.3 Å². The number of carbonyl (C=O) groups is 1. The van der Waals surface area contributed by atoms with Crippen LogP contribution in [0, 0.1) is 0 Å². The normalized spacial score (nSPS) is 10.9. The first kappa shape index (κ1) is 20.0. The zero-order valence-corrected chi connectivity index (χ0v) is 16.6. The lowest BCUT2D eigenvalue weighted by Gasteiger charge is -2.11. The van der Waals surface area contributed by atoms with Gasteiger partial charge in [-0.2, -0.15) is 0 Å². The van der Waals surface area contributed by atoms with Gasteiger partial charge in [-0.3, -0.25) is 4.72 Å². The molecule has 0 bridgehead atoms. The van der Waals surface area contributed by atoms with Crippen molar-refractivity contribution < 1.29 is 13.2 Å². The highest BCUT2D eigenvalue weighted by Crippen LogP contribution is 2.24. The van der Waals surface area contributed by atoms with E-state index in [1.807, 2.05) is 0 Å². The summed E-state index contributed by atoms with van der Waals surface area (Å²) in [6.45, 7) is 0. The average molecular weight is 436 g/mol. The summed E-state index contributed by atoms with van der Waals surface area (Å²) in [6, 6.07) is 18.5. The summed E-state index contributed by atoms with van der Waals surface area (Å²) in [5.41, 5.74) is 1.29. The second-order valence-corrected chi connectivity index (χ2v) is 8.22. The number of hydrogen-bond acceptors (Lipinski definition) is 3. The highest BCUT2D eigenvalue weighted by atomic mass is 35.5. The van der Waals surface area contributed by atoms with Gasteiger partial charge in [0.2, 0.25) is 0 Å². The minimum Gasteiger partial charge on any atom is -0.308 e. The van der Waals surface area contributed by atoms with E-state index in [2.05, 4.69) is 15.4 Å². The largest absolute Gasteiger partial charge is 0.323 e. The van der Waals surface area contributed by atoms with Crippen molar-refractivity contribution in [1.29, 1.82) is 0 Å². The zero-order chi connectivity index (χ0) is 20.1. The van der Waals surface area contributed by atoms with Gasteiger partial charge >= 0.3 is 6.03 Å². The van der Waals surface area contributed by atoms with Crippen LogP contribution in [0.4, 0.5) is 21.9 Å². The summed E-state index contributed by atoms with van der Waals surface area (Å²) in [7, 11) is -3.81. The monoisotopic (exact) mass is 435 g/mol. The molecule has 0 heterocycles. The fraction of sp³-hybridized carbons (Fsp3) is 0. The minimum absolute atomic E-state index is 0.0380. The number of rotatable bonds is 5. The number of urea groups is 1. The number of sulfonamides is 1. The van der Waals surface area contributed by atoms with Gasteiger partial charge in [0.1, 0.15) is 0 Å². The summed E-state index contributed by atoms with van der Waals surface area (Å²) in [5.74, 6) is 0. The molecule has 0 fully saturated rings. The molecule has 0 aliphatic rings. The van der Waals surface area contributed by atoms with Crippen LogP contribution in [0.2, 0.25) is 10.0 Å². The fourth-order valence-electron chi connectivity index (χ4n) is 2.29. The number of carbonyl (C=O) groups excluding carboxylic acids is 1. The molecule has 0 unspecified atom stereocenters. The number of amides is 2. The Bertz CT molecular complexity index is 1090. The van der Waals surface area contributed by atoms with Crippen LogP contribution < -0.4 is 15.4 Å². The standard InChI is InChI=1S/C19H15Cl2N3O3S/c20-13-5-7-14(8-6-13)22-19(25)23-15-9-11-16(12-10-15)28(26,27)24-18-4-2-1-3-17(18)21/h1-12,24H,(H2,22,23,25). The molecule has 3 N–H and O–H groups in total. The number of benzene rings is 3. The summed E-state index contributed by atoms with van der Waals surface area (Å²) >= 11 is 11.8. The average Bonchev–Trinajstić information content (AvgIpc) is 2.66. The Balaban J connectivity index is 1.66. The van der Waals surface area contributed by atoms with Gasteiger partial charge in [-0.05, 0) is 60.7 Å². The van der Waals surface area contributed by atoms with Gasteiger partial charge in [-0.1, -0.05) is 35.3 Å². The van der Waals surface area contributed by atoms with Gasteiger partial charge in [0, 0.05) is 16.4 Å². The van der Waals surface area contributed by atoms with Gasteiger partial charge in [-0.15, -0.1) is 0 Å². The van der Waals surface area contributed by atoms with Crippen molar-refractivity contribution in [3.8, 4) is 0 Å². The van der Waals surface area contributed by atoms with E-state index in [0.29, 0.717) is 21.4 Å². The van der Waals surface area contributed by atoms with Crippen LogP contribution >= 0.6 is 23.2 Å². The van der Waals surface area contributed by atoms with E-state index in [9.17, 15) is 13.2 Å². The van der Waals surface area contributed by atoms with Gasteiger partial charge in [0.05, 0.1) is 15.6 Å². The molecular weight excluding hydrogens is 421 g/mol. The molecule has 3 rings (SSSR count). The Morgan fingerprint density at radius 1 is 0.750 bits per heavy atom. The van der Waals surface area contributed by atoms with Crippen LogP contribution in [0.5, 0.6) is 0 Å².